The second-order valence-electron chi connectivity index (χ2n) is 3.85. The average Bonchev–Trinajstić information content (AvgIpc) is 2.32. The van der Waals surface area contributed by atoms with E-state index in [0.717, 1.165) is 8.95 Å². The van der Waals surface area contributed by atoms with Crippen molar-refractivity contribution < 1.29 is 4.79 Å². The van der Waals surface area contributed by atoms with E-state index in [9.17, 15) is 4.79 Å². The van der Waals surface area contributed by atoms with E-state index in [1.54, 1.807) is 36.4 Å². The standard InChI is InChI=1S/C13H9Br2ClN2O/c14-8-3-7(4-10(17)5-8)13(19)18-12-6-9(16)1-2-11(12)15/h1-6H,17H2,(H,18,19). The summed E-state index contributed by atoms with van der Waals surface area (Å²) in [5, 5.41) is 3.32. The highest BCUT2D eigenvalue weighted by molar-refractivity contribution is 9.10. The van der Waals surface area contributed by atoms with Gasteiger partial charge in [0.25, 0.3) is 5.91 Å². The summed E-state index contributed by atoms with van der Waals surface area (Å²) in [7, 11) is 0. The van der Waals surface area contributed by atoms with Crippen LogP contribution in [0.3, 0.4) is 0 Å². The second kappa shape index (κ2) is 5.94. The summed E-state index contributed by atoms with van der Waals surface area (Å²) < 4.78 is 1.51. The molecule has 2 aromatic rings. The van der Waals surface area contributed by atoms with Crippen LogP contribution in [0.2, 0.25) is 5.02 Å². The Morgan fingerprint density at radius 1 is 1.16 bits per heavy atom. The predicted octanol–water partition coefficient (Wildman–Crippen LogP) is 4.70. The fourth-order valence-corrected chi connectivity index (χ4v) is 2.56. The first kappa shape index (κ1) is 14.4. The molecule has 2 aromatic carbocycles. The number of rotatable bonds is 2. The van der Waals surface area contributed by atoms with Crippen LogP contribution in [0.5, 0.6) is 0 Å². The maximum Gasteiger partial charge on any atom is 0.255 e. The van der Waals surface area contributed by atoms with Crippen molar-refractivity contribution in [3.05, 3.63) is 55.9 Å². The van der Waals surface area contributed by atoms with Crippen LogP contribution in [0.25, 0.3) is 0 Å². The van der Waals surface area contributed by atoms with Gasteiger partial charge in [0.1, 0.15) is 0 Å². The van der Waals surface area contributed by atoms with Gasteiger partial charge in [-0.3, -0.25) is 4.79 Å². The van der Waals surface area contributed by atoms with Crippen molar-refractivity contribution in [2.24, 2.45) is 0 Å². The molecule has 2 rings (SSSR count). The number of nitrogens with two attached hydrogens (primary N) is 1. The average molecular weight is 404 g/mol. The fraction of sp³-hybridized carbons (Fsp3) is 0. The van der Waals surface area contributed by atoms with E-state index >= 15 is 0 Å². The van der Waals surface area contributed by atoms with Crippen LogP contribution in [-0.2, 0) is 0 Å². The highest BCUT2D eigenvalue weighted by Gasteiger charge is 2.10. The molecule has 6 heteroatoms. The van der Waals surface area contributed by atoms with E-state index in [1.165, 1.54) is 0 Å². The molecule has 0 heterocycles. The molecule has 3 N–H and O–H groups in total. The van der Waals surface area contributed by atoms with E-state index in [2.05, 4.69) is 37.2 Å². The van der Waals surface area contributed by atoms with Gasteiger partial charge in [0.15, 0.2) is 0 Å². The Morgan fingerprint density at radius 2 is 1.89 bits per heavy atom. The third-order valence-corrected chi connectivity index (χ3v) is 3.74. The molecule has 0 aromatic heterocycles. The van der Waals surface area contributed by atoms with Gasteiger partial charge in [-0.25, -0.2) is 0 Å². The van der Waals surface area contributed by atoms with Crippen molar-refractivity contribution in [1.82, 2.24) is 0 Å². The predicted molar refractivity (Wildman–Crippen MR) is 85.7 cm³/mol. The van der Waals surface area contributed by atoms with Gasteiger partial charge in [-0.15, -0.1) is 0 Å². The summed E-state index contributed by atoms with van der Waals surface area (Å²) in [6.07, 6.45) is 0. The lowest BCUT2D eigenvalue weighted by molar-refractivity contribution is 0.102. The molecule has 0 aliphatic rings. The summed E-state index contributed by atoms with van der Waals surface area (Å²) in [4.78, 5) is 12.1. The maximum atomic E-state index is 12.1. The van der Waals surface area contributed by atoms with Crippen molar-refractivity contribution >= 4 is 60.7 Å². The molecule has 3 nitrogen and oxygen atoms in total. The smallest absolute Gasteiger partial charge is 0.255 e. The molecule has 0 saturated carbocycles. The highest BCUT2D eigenvalue weighted by Crippen LogP contribution is 2.27. The van der Waals surface area contributed by atoms with Crippen LogP contribution in [0.1, 0.15) is 10.4 Å². The summed E-state index contributed by atoms with van der Waals surface area (Å²) in [6.45, 7) is 0. The Morgan fingerprint density at radius 3 is 2.58 bits per heavy atom. The molecule has 98 valence electrons. The molecule has 0 saturated heterocycles. The van der Waals surface area contributed by atoms with Crippen LogP contribution in [0.4, 0.5) is 11.4 Å². The lowest BCUT2D eigenvalue weighted by Gasteiger charge is -2.09. The fourth-order valence-electron chi connectivity index (χ4n) is 1.53. The number of anilines is 2. The van der Waals surface area contributed by atoms with Gasteiger partial charge in [0.05, 0.1) is 5.69 Å². The number of hydrogen-bond donors (Lipinski definition) is 2. The summed E-state index contributed by atoms with van der Waals surface area (Å²) in [5.41, 5.74) is 7.30. The zero-order valence-corrected chi connectivity index (χ0v) is 13.5. The Hall–Kier alpha value is -1.04. The summed E-state index contributed by atoms with van der Waals surface area (Å²) in [5.74, 6) is -0.254. The number of carbonyl (C=O) groups is 1. The topological polar surface area (TPSA) is 55.1 Å². The van der Waals surface area contributed by atoms with Gasteiger partial charge in [0.2, 0.25) is 0 Å². The summed E-state index contributed by atoms with van der Waals surface area (Å²) >= 11 is 12.6. The van der Waals surface area contributed by atoms with Crippen molar-refractivity contribution in [3.63, 3.8) is 0 Å². The molecular formula is C13H9Br2ClN2O. The van der Waals surface area contributed by atoms with Crippen molar-refractivity contribution in [1.29, 1.82) is 0 Å². The number of hydrogen-bond acceptors (Lipinski definition) is 2. The molecule has 0 fully saturated rings. The largest absolute Gasteiger partial charge is 0.399 e. The van der Waals surface area contributed by atoms with E-state index in [4.69, 9.17) is 17.3 Å². The number of nitrogen functional groups attached to an aromatic ring is 1. The van der Waals surface area contributed by atoms with Crippen LogP contribution in [-0.4, -0.2) is 5.91 Å². The quantitative estimate of drug-likeness (QED) is 0.713. The molecule has 0 atom stereocenters. The normalized spacial score (nSPS) is 10.3. The molecular weight excluding hydrogens is 395 g/mol. The van der Waals surface area contributed by atoms with Gasteiger partial charge in [0, 0.05) is 25.2 Å². The van der Waals surface area contributed by atoms with Crippen LogP contribution < -0.4 is 11.1 Å². The van der Waals surface area contributed by atoms with E-state index < -0.39 is 0 Å². The van der Waals surface area contributed by atoms with E-state index in [0.29, 0.717) is 22.0 Å². The molecule has 0 spiro atoms. The van der Waals surface area contributed by atoms with Gasteiger partial charge >= 0.3 is 0 Å². The number of nitrogens with one attached hydrogen (secondary N) is 1. The first-order valence-electron chi connectivity index (χ1n) is 5.28. The van der Waals surface area contributed by atoms with E-state index in [-0.39, 0.29) is 5.91 Å². The van der Waals surface area contributed by atoms with Crippen molar-refractivity contribution in [2.45, 2.75) is 0 Å². The monoisotopic (exact) mass is 402 g/mol. The van der Waals surface area contributed by atoms with Gasteiger partial charge in [-0.1, -0.05) is 27.5 Å². The van der Waals surface area contributed by atoms with Crippen LogP contribution in [0.15, 0.2) is 45.3 Å². The lowest BCUT2D eigenvalue weighted by atomic mass is 10.2. The third kappa shape index (κ3) is 3.72. The van der Waals surface area contributed by atoms with Gasteiger partial charge in [-0.2, -0.15) is 0 Å². The zero-order chi connectivity index (χ0) is 14.0. The molecule has 0 radical (unpaired) electrons. The molecule has 0 aliphatic carbocycles. The highest BCUT2D eigenvalue weighted by atomic mass is 79.9. The van der Waals surface area contributed by atoms with Crippen LogP contribution >= 0.6 is 43.5 Å². The SMILES string of the molecule is Nc1cc(Br)cc(C(=O)Nc2cc(Cl)ccc2Br)c1. The molecule has 1 amide bonds. The minimum Gasteiger partial charge on any atom is -0.399 e. The zero-order valence-electron chi connectivity index (χ0n) is 9.58. The Balaban J connectivity index is 2.28. The summed E-state index contributed by atoms with van der Waals surface area (Å²) in [6, 6.07) is 10.2. The molecule has 0 unspecified atom stereocenters. The third-order valence-electron chi connectivity index (χ3n) is 2.36. The molecule has 0 bridgehead atoms. The first-order chi connectivity index (χ1) is 8.95. The second-order valence-corrected chi connectivity index (χ2v) is 6.06. The number of amides is 1. The van der Waals surface area contributed by atoms with Crippen molar-refractivity contribution in [3.8, 4) is 0 Å². The Kier molecular flexibility index (Phi) is 4.50. The lowest BCUT2D eigenvalue weighted by Crippen LogP contribution is -2.12. The first-order valence-corrected chi connectivity index (χ1v) is 7.24. The van der Waals surface area contributed by atoms with E-state index in [1.807, 2.05) is 0 Å². The number of halogens is 3. The van der Waals surface area contributed by atoms with Gasteiger partial charge < -0.3 is 11.1 Å². The molecule has 19 heavy (non-hydrogen) atoms. The minimum atomic E-state index is -0.254. The number of carbonyl (C=O) groups excluding carboxylic acids is 1. The van der Waals surface area contributed by atoms with Crippen LogP contribution in [0, 0.1) is 0 Å². The Bertz CT molecular complexity index is 626. The minimum absolute atomic E-state index is 0.254. The maximum absolute atomic E-state index is 12.1. The molecule has 0 aliphatic heterocycles. The number of benzene rings is 2. The van der Waals surface area contributed by atoms with Gasteiger partial charge in [-0.05, 0) is 52.3 Å². The van der Waals surface area contributed by atoms with Crippen molar-refractivity contribution in [2.75, 3.05) is 11.1 Å². The Labute approximate surface area is 132 Å².